The molecule has 1 amide bonds. The number of H-pyrrole nitrogens is 1. The topological polar surface area (TPSA) is 67.5 Å². The van der Waals surface area contributed by atoms with Crippen LogP contribution >= 0.6 is 0 Å². The number of nitrogens with one attached hydrogen (secondary N) is 1. The van der Waals surface area contributed by atoms with Crippen LogP contribution in [0.2, 0.25) is 0 Å². The Hall–Kier alpha value is -3.87. The number of hydrogen-bond acceptors (Lipinski definition) is 4. The number of anilines is 1. The molecule has 7 heteroatoms. The summed E-state index contributed by atoms with van der Waals surface area (Å²) >= 11 is 0. The van der Waals surface area contributed by atoms with E-state index in [9.17, 15) is 4.79 Å². The minimum Gasteiger partial charge on any atom is -0.486 e. The summed E-state index contributed by atoms with van der Waals surface area (Å²) in [6, 6.07) is 14.6. The van der Waals surface area contributed by atoms with Gasteiger partial charge in [-0.05, 0) is 63.8 Å². The summed E-state index contributed by atoms with van der Waals surface area (Å²) in [5, 5.41) is 0.667. The Balaban J connectivity index is 1.82. The van der Waals surface area contributed by atoms with Crippen molar-refractivity contribution >= 4 is 22.7 Å². The van der Waals surface area contributed by atoms with Crippen LogP contribution in [-0.2, 0) is 16.9 Å². The van der Waals surface area contributed by atoms with Gasteiger partial charge < -0.3 is 14.5 Å². The lowest BCUT2D eigenvalue weighted by molar-refractivity contribution is 0.0518. The van der Waals surface area contributed by atoms with Gasteiger partial charge in [-0.1, -0.05) is 44.2 Å². The van der Waals surface area contributed by atoms with Gasteiger partial charge in [0.1, 0.15) is 12.2 Å². The van der Waals surface area contributed by atoms with Crippen molar-refractivity contribution in [1.29, 1.82) is 0 Å². The number of pyridine rings is 1. The summed E-state index contributed by atoms with van der Waals surface area (Å²) in [6.07, 6.45) is 4.71. The van der Waals surface area contributed by atoms with Crippen molar-refractivity contribution in [2.24, 2.45) is 5.92 Å². The monoisotopic (exact) mass is 517 g/mol. The summed E-state index contributed by atoms with van der Waals surface area (Å²) in [7, 11) is 0. The van der Waals surface area contributed by atoms with E-state index in [2.05, 4.69) is 9.97 Å². The first-order valence-corrected chi connectivity index (χ1v) is 12.8. The van der Waals surface area contributed by atoms with Gasteiger partial charge in [0.2, 0.25) is 0 Å². The smallest absolute Gasteiger partial charge is 0.415 e. The predicted molar refractivity (Wildman–Crippen MR) is 149 cm³/mol. The molecule has 4 rings (SSSR count). The number of carbonyl (C=O) groups is 1. The van der Waals surface area contributed by atoms with Gasteiger partial charge in [0, 0.05) is 34.9 Å². The zero-order valence-corrected chi connectivity index (χ0v) is 23.1. The van der Waals surface area contributed by atoms with Crippen molar-refractivity contribution in [3.8, 4) is 5.75 Å². The molecule has 0 fully saturated rings. The summed E-state index contributed by atoms with van der Waals surface area (Å²) < 4.78 is 27.1. The molecule has 1 atom stereocenters. The maximum absolute atomic E-state index is 15.4. The van der Waals surface area contributed by atoms with Gasteiger partial charge in [-0.15, -0.1) is 0 Å². The number of aromatic nitrogens is 2. The number of rotatable bonds is 7. The van der Waals surface area contributed by atoms with Crippen molar-refractivity contribution in [3.63, 3.8) is 0 Å². The average Bonchev–Trinajstić information content (AvgIpc) is 3.26. The predicted octanol–water partition coefficient (Wildman–Crippen LogP) is 7.90. The fourth-order valence-corrected chi connectivity index (χ4v) is 4.61. The number of aromatic amines is 1. The Morgan fingerprint density at radius 2 is 1.82 bits per heavy atom. The zero-order chi connectivity index (χ0) is 27.7. The maximum Gasteiger partial charge on any atom is 0.415 e. The van der Waals surface area contributed by atoms with E-state index in [4.69, 9.17) is 9.47 Å². The lowest BCUT2D eigenvalue weighted by atomic mass is 9.79. The molecule has 0 saturated heterocycles. The van der Waals surface area contributed by atoms with Crippen LogP contribution in [0.3, 0.4) is 0 Å². The summed E-state index contributed by atoms with van der Waals surface area (Å²) in [5.74, 6) is -0.388. The van der Waals surface area contributed by atoms with Gasteiger partial charge in [0.15, 0.2) is 11.6 Å². The van der Waals surface area contributed by atoms with E-state index in [0.717, 1.165) is 16.7 Å². The third-order valence-electron chi connectivity index (χ3n) is 6.93. The second-order valence-corrected chi connectivity index (χ2v) is 11.1. The van der Waals surface area contributed by atoms with Gasteiger partial charge in [0.05, 0.1) is 17.4 Å². The molecule has 6 nitrogen and oxygen atoms in total. The Morgan fingerprint density at radius 1 is 1.11 bits per heavy atom. The van der Waals surface area contributed by atoms with Gasteiger partial charge in [-0.2, -0.15) is 0 Å². The van der Waals surface area contributed by atoms with E-state index in [-0.39, 0.29) is 18.3 Å². The number of benzene rings is 2. The molecular weight excluding hydrogens is 481 g/mol. The van der Waals surface area contributed by atoms with Gasteiger partial charge in [-0.3, -0.25) is 9.88 Å². The van der Waals surface area contributed by atoms with E-state index in [1.165, 1.54) is 6.07 Å². The maximum atomic E-state index is 15.4. The zero-order valence-electron chi connectivity index (χ0n) is 23.1. The third-order valence-corrected chi connectivity index (χ3v) is 6.93. The van der Waals surface area contributed by atoms with Crippen LogP contribution in [0.4, 0.5) is 14.9 Å². The third kappa shape index (κ3) is 5.37. The largest absolute Gasteiger partial charge is 0.486 e. The lowest BCUT2D eigenvalue weighted by Crippen LogP contribution is -2.53. The number of hydrogen-bond donors (Lipinski definition) is 1. The molecule has 200 valence electrons. The summed E-state index contributed by atoms with van der Waals surface area (Å²) in [5.41, 5.74) is 2.32. The highest BCUT2D eigenvalue weighted by atomic mass is 19.1. The quantitative estimate of drug-likeness (QED) is 0.271. The molecule has 0 aliphatic heterocycles. The molecule has 0 radical (unpaired) electrons. The molecule has 0 saturated carbocycles. The number of halogens is 1. The number of ether oxygens (including phenoxy) is 2. The van der Waals surface area contributed by atoms with E-state index >= 15 is 4.39 Å². The highest BCUT2D eigenvalue weighted by molar-refractivity contribution is 5.93. The Bertz CT molecular complexity index is 1430. The fraction of sp³-hybridized carbons (Fsp3) is 0.355. The molecule has 0 aliphatic carbocycles. The first-order valence-electron chi connectivity index (χ1n) is 12.8. The second-order valence-electron chi connectivity index (χ2n) is 11.1. The molecule has 38 heavy (non-hydrogen) atoms. The Kier molecular flexibility index (Phi) is 7.49. The van der Waals surface area contributed by atoms with E-state index in [1.807, 2.05) is 91.1 Å². The average molecular weight is 518 g/mol. The van der Waals surface area contributed by atoms with Gasteiger partial charge >= 0.3 is 6.09 Å². The fourth-order valence-electron chi connectivity index (χ4n) is 4.61. The van der Waals surface area contributed by atoms with Gasteiger partial charge in [0.25, 0.3) is 0 Å². The van der Waals surface area contributed by atoms with Gasteiger partial charge in [-0.25, -0.2) is 9.18 Å². The molecular formula is C31H36FN3O3. The summed E-state index contributed by atoms with van der Waals surface area (Å²) in [4.78, 5) is 23.0. The Labute approximate surface area is 223 Å². The molecule has 1 unspecified atom stereocenters. The van der Waals surface area contributed by atoms with E-state index < -0.39 is 23.1 Å². The van der Waals surface area contributed by atoms with Crippen LogP contribution in [0.15, 0.2) is 67.1 Å². The van der Waals surface area contributed by atoms with Crippen LogP contribution < -0.4 is 9.64 Å². The second kappa shape index (κ2) is 10.5. The molecule has 2 aromatic heterocycles. The molecule has 0 bridgehead atoms. The molecule has 2 aromatic carbocycles. The number of carbonyl (C=O) groups excluding carboxylic acids is 1. The number of aryl methyl sites for hydroxylation is 1. The first kappa shape index (κ1) is 27.2. The molecule has 1 N–H and O–H groups in total. The van der Waals surface area contributed by atoms with Crippen LogP contribution in [0.5, 0.6) is 5.75 Å². The minimum atomic E-state index is -0.909. The summed E-state index contributed by atoms with van der Waals surface area (Å²) in [6.45, 7) is 13.8. The highest BCUT2D eigenvalue weighted by Crippen LogP contribution is 2.44. The van der Waals surface area contributed by atoms with Crippen molar-refractivity contribution in [3.05, 3.63) is 89.6 Å². The molecule has 4 aromatic rings. The lowest BCUT2D eigenvalue weighted by Gasteiger charge is -2.45. The SMILES string of the molecule is Cc1ccncc1N(C(=O)OC(C)(C)C)C(C)(c1c[nH]c2cc(OCc3ccccc3)c(F)cc12)C(C)C. The van der Waals surface area contributed by atoms with Crippen LogP contribution in [0, 0.1) is 18.7 Å². The van der Waals surface area contributed by atoms with Crippen molar-refractivity contribution in [2.75, 3.05) is 4.90 Å². The van der Waals surface area contributed by atoms with Crippen molar-refractivity contribution in [2.45, 2.75) is 66.2 Å². The van der Waals surface area contributed by atoms with Crippen LogP contribution in [-0.4, -0.2) is 21.7 Å². The first-order chi connectivity index (χ1) is 17.9. The van der Waals surface area contributed by atoms with Crippen LogP contribution in [0.1, 0.15) is 58.2 Å². The number of amides is 1. The highest BCUT2D eigenvalue weighted by Gasteiger charge is 2.45. The van der Waals surface area contributed by atoms with Crippen molar-refractivity contribution < 1.29 is 18.7 Å². The van der Waals surface area contributed by atoms with E-state index in [1.54, 1.807) is 23.4 Å². The number of fused-ring (bicyclic) bond motifs is 1. The number of nitrogens with zero attached hydrogens (tertiary/aromatic N) is 2. The van der Waals surface area contributed by atoms with Crippen molar-refractivity contribution in [1.82, 2.24) is 9.97 Å². The minimum absolute atomic E-state index is 0.0781. The molecule has 0 spiro atoms. The standard InChI is InChI=1S/C31H36FN3O3/c1-20(2)31(7,35(29(36)38-30(4,5)6)27-18-33-14-13-21(27)3)24-17-34-26-16-28(25(32)15-23(24)26)37-19-22-11-9-8-10-12-22/h8-18,20,34H,19H2,1-7H3. The molecule has 0 aliphatic rings. The molecule has 2 heterocycles. The van der Waals surface area contributed by atoms with E-state index in [0.29, 0.717) is 16.6 Å². The normalized spacial score (nSPS) is 13.4. The van der Waals surface area contributed by atoms with Crippen LogP contribution in [0.25, 0.3) is 10.9 Å². The Morgan fingerprint density at radius 3 is 2.45 bits per heavy atom.